The number of carbonyl (C=O) groups excluding carboxylic acids is 1. The fraction of sp³-hybridized carbons (Fsp3) is 0.548. The van der Waals surface area contributed by atoms with Gasteiger partial charge < -0.3 is 19.4 Å². The van der Waals surface area contributed by atoms with Gasteiger partial charge in [0.05, 0.1) is 24.2 Å². The van der Waals surface area contributed by atoms with Gasteiger partial charge in [0.2, 0.25) is 0 Å². The Morgan fingerprint density at radius 1 is 1.22 bits per heavy atom. The highest BCUT2D eigenvalue weighted by Gasteiger charge is 2.44. The summed E-state index contributed by atoms with van der Waals surface area (Å²) < 4.78 is 34.3. The number of aromatic nitrogens is 2. The molecule has 8 nitrogen and oxygen atoms in total. The number of piperazine rings is 1. The van der Waals surface area contributed by atoms with Crippen LogP contribution in [0.5, 0.6) is 6.01 Å². The number of fused-ring (bicyclic) bond motifs is 3. The number of likely N-dealkylation sites (tertiary alicyclic amines) is 1. The Labute approximate surface area is 239 Å². The van der Waals surface area contributed by atoms with Gasteiger partial charge in [-0.25, -0.2) is 8.78 Å². The van der Waals surface area contributed by atoms with E-state index in [2.05, 4.69) is 29.5 Å². The van der Waals surface area contributed by atoms with Gasteiger partial charge in [0.1, 0.15) is 18.2 Å². The Balaban J connectivity index is 1.34. The number of aryl methyl sites for hydroxylation is 1. The highest BCUT2D eigenvalue weighted by Crippen LogP contribution is 2.49. The summed E-state index contributed by atoms with van der Waals surface area (Å²) in [6.45, 7) is 5.74. The van der Waals surface area contributed by atoms with Gasteiger partial charge in [-0.05, 0) is 81.8 Å². The molecule has 1 unspecified atom stereocenters. The van der Waals surface area contributed by atoms with Crippen LogP contribution in [0.3, 0.4) is 0 Å². The van der Waals surface area contributed by atoms with Gasteiger partial charge in [-0.15, -0.1) is 0 Å². The summed E-state index contributed by atoms with van der Waals surface area (Å²) in [4.78, 5) is 28.1. The molecule has 6 rings (SSSR count). The standard InChI is InChI=1S/C31H36F2N6O2/c1-20(32)29(40)39-15-14-38(18-23(39)9-12-34)28-25-8-11-31(10-7-21-5-6-22(33)16-26(21)31)17-27(25)35-30(36-28)41-19-24-4-3-13-37(24)2/h5-6,16,23-24H,1,3-4,7-11,13-15,17-19H2,2H3/t23-,24-,31?/m0/s1. The quantitative estimate of drug-likeness (QED) is 0.494. The topological polar surface area (TPSA) is 85.6 Å². The van der Waals surface area contributed by atoms with E-state index < -0.39 is 17.8 Å². The number of nitriles is 1. The van der Waals surface area contributed by atoms with Crippen molar-refractivity contribution in [3.05, 3.63) is 58.8 Å². The van der Waals surface area contributed by atoms with Crippen LogP contribution in [0.1, 0.15) is 54.5 Å². The van der Waals surface area contributed by atoms with Crippen molar-refractivity contribution < 1.29 is 18.3 Å². The Morgan fingerprint density at radius 2 is 2.05 bits per heavy atom. The third kappa shape index (κ3) is 5.16. The summed E-state index contributed by atoms with van der Waals surface area (Å²) in [6.07, 6.45) is 6.41. The van der Waals surface area contributed by atoms with E-state index in [1.165, 1.54) is 10.5 Å². The molecule has 0 N–H and O–H groups in total. The van der Waals surface area contributed by atoms with E-state index in [0.717, 1.165) is 67.7 Å². The minimum Gasteiger partial charge on any atom is -0.462 e. The van der Waals surface area contributed by atoms with E-state index in [0.29, 0.717) is 38.2 Å². The van der Waals surface area contributed by atoms with Gasteiger partial charge in [-0.2, -0.15) is 15.2 Å². The van der Waals surface area contributed by atoms with Crippen LogP contribution in [0, 0.1) is 17.1 Å². The van der Waals surface area contributed by atoms with Crippen molar-refractivity contribution in [3.8, 4) is 12.1 Å². The first-order chi connectivity index (χ1) is 19.8. The SMILES string of the molecule is C=C(F)C(=O)N1CCN(c2nc(OC[C@@H]3CCCN3C)nc3c2CCC2(CCc4ccc(F)cc42)C3)C[C@@H]1CC#N. The fourth-order valence-electron chi connectivity index (χ4n) is 7.32. The summed E-state index contributed by atoms with van der Waals surface area (Å²) in [5.74, 6) is -1.25. The van der Waals surface area contributed by atoms with Crippen LogP contribution in [0.15, 0.2) is 30.6 Å². The van der Waals surface area contributed by atoms with Crippen LogP contribution < -0.4 is 9.64 Å². The number of halogens is 2. The molecule has 0 saturated carbocycles. The average Bonchev–Trinajstić information content (AvgIpc) is 3.53. The molecule has 1 spiro atoms. The molecule has 2 saturated heterocycles. The molecule has 2 aliphatic carbocycles. The molecule has 2 fully saturated rings. The van der Waals surface area contributed by atoms with Gasteiger partial charge in [0.25, 0.3) is 5.91 Å². The molecule has 4 aliphatic rings. The van der Waals surface area contributed by atoms with Crippen LogP contribution >= 0.6 is 0 Å². The number of hydrogen-bond donors (Lipinski definition) is 0. The molecule has 2 aromatic rings. The maximum Gasteiger partial charge on any atom is 0.318 e. The second-order valence-electron chi connectivity index (χ2n) is 12.0. The number of benzene rings is 1. The molecule has 2 aliphatic heterocycles. The van der Waals surface area contributed by atoms with Crippen molar-refractivity contribution in [3.63, 3.8) is 0 Å². The van der Waals surface area contributed by atoms with Gasteiger partial charge in [0.15, 0.2) is 5.83 Å². The molecule has 0 bridgehead atoms. The van der Waals surface area contributed by atoms with Crippen LogP contribution in [0.4, 0.5) is 14.6 Å². The summed E-state index contributed by atoms with van der Waals surface area (Å²) in [6, 6.07) is 7.43. The molecule has 3 atom stereocenters. The zero-order chi connectivity index (χ0) is 28.7. The van der Waals surface area contributed by atoms with Gasteiger partial charge in [0, 0.05) is 36.7 Å². The van der Waals surface area contributed by atoms with Crippen molar-refractivity contribution in [2.75, 3.05) is 44.7 Å². The summed E-state index contributed by atoms with van der Waals surface area (Å²) in [5, 5.41) is 9.46. The summed E-state index contributed by atoms with van der Waals surface area (Å²) in [5.41, 5.74) is 4.08. The third-order valence-electron chi connectivity index (χ3n) is 9.60. The number of anilines is 1. The number of amides is 1. The van der Waals surface area contributed by atoms with E-state index in [1.807, 2.05) is 6.07 Å². The normalized spacial score (nSPS) is 25.6. The highest BCUT2D eigenvalue weighted by atomic mass is 19.1. The first-order valence-corrected chi connectivity index (χ1v) is 14.6. The lowest BCUT2D eigenvalue weighted by molar-refractivity contribution is -0.131. The lowest BCUT2D eigenvalue weighted by Crippen LogP contribution is -2.55. The average molecular weight is 563 g/mol. The maximum absolute atomic E-state index is 14.3. The summed E-state index contributed by atoms with van der Waals surface area (Å²) in [7, 11) is 2.10. The van der Waals surface area contributed by atoms with E-state index >= 15 is 0 Å². The Kier molecular flexibility index (Phi) is 7.41. The molecule has 10 heteroatoms. The molecule has 0 radical (unpaired) electrons. The van der Waals surface area contributed by atoms with E-state index in [9.17, 15) is 18.8 Å². The molecule has 1 aromatic heterocycles. The van der Waals surface area contributed by atoms with Gasteiger partial charge in [-0.3, -0.25) is 4.79 Å². The van der Waals surface area contributed by atoms with E-state index in [4.69, 9.17) is 14.7 Å². The van der Waals surface area contributed by atoms with E-state index in [1.54, 1.807) is 12.1 Å². The number of rotatable bonds is 6. The number of carbonyl (C=O) groups is 1. The van der Waals surface area contributed by atoms with Gasteiger partial charge in [-0.1, -0.05) is 12.6 Å². The smallest absolute Gasteiger partial charge is 0.318 e. The molecule has 216 valence electrons. The number of likely N-dealkylation sites (N-methyl/N-ethyl adjacent to an activating group) is 1. The first-order valence-electron chi connectivity index (χ1n) is 14.6. The number of ether oxygens (including phenoxy) is 1. The lowest BCUT2D eigenvalue weighted by atomic mass is 9.69. The van der Waals surface area contributed by atoms with Gasteiger partial charge >= 0.3 is 6.01 Å². The monoisotopic (exact) mass is 562 g/mol. The number of hydrogen-bond acceptors (Lipinski definition) is 7. The van der Waals surface area contributed by atoms with Crippen LogP contribution in [-0.2, 0) is 29.5 Å². The molecular formula is C31H36F2N6O2. The van der Waals surface area contributed by atoms with Crippen molar-refractivity contribution in [2.24, 2.45) is 0 Å². The third-order valence-corrected chi connectivity index (χ3v) is 9.60. The lowest BCUT2D eigenvalue weighted by Gasteiger charge is -2.42. The second kappa shape index (κ2) is 11.0. The highest BCUT2D eigenvalue weighted by molar-refractivity contribution is 5.91. The first kappa shape index (κ1) is 27.6. The molecule has 1 aromatic carbocycles. The minimum atomic E-state index is -1.02. The zero-order valence-electron chi connectivity index (χ0n) is 23.5. The molecule has 3 heterocycles. The van der Waals surface area contributed by atoms with Crippen molar-refractivity contribution in [1.29, 1.82) is 5.26 Å². The summed E-state index contributed by atoms with van der Waals surface area (Å²) >= 11 is 0. The van der Waals surface area contributed by atoms with Crippen molar-refractivity contribution in [1.82, 2.24) is 19.8 Å². The van der Waals surface area contributed by atoms with Crippen molar-refractivity contribution >= 4 is 11.7 Å². The predicted molar refractivity (Wildman–Crippen MR) is 150 cm³/mol. The maximum atomic E-state index is 14.3. The molecule has 1 amide bonds. The number of nitrogens with zero attached hydrogens (tertiary/aromatic N) is 6. The Bertz CT molecular complexity index is 1410. The molecule has 41 heavy (non-hydrogen) atoms. The Hall–Kier alpha value is -3.58. The van der Waals surface area contributed by atoms with Crippen LogP contribution in [0.2, 0.25) is 0 Å². The largest absolute Gasteiger partial charge is 0.462 e. The molecular weight excluding hydrogens is 526 g/mol. The van der Waals surface area contributed by atoms with Crippen molar-refractivity contribution in [2.45, 2.75) is 68.9 Å². The minimum absolute atomic E-state index is 0.0750. The fourth-order valence-corrected chi connectivity index (χ4v) is 7.32. The zero-order valence-corrected chi connectivity index (χ0v) is 23.5. The second-order valence-corrected chi connectivity index (χ2v) is 12.0. The predicted octanol–water partition coefficient (Wildman–Crippen LogP) is 3.88. The van der Waals surface area contributed by atoms with Crippen LogP contribution in [0.25, 0.3) is 0 Å². The Morgan fingerprint density at radius 3 is 2.80 bits per heavy atom. The van der Waals surface area contributed by atoms with Crippen LogP contribution in [-0.4, -0.2) is 77.6 Å². The van der Waals surface area contributed by atoms with E-state index in [-0.39, 0.29) is 24.2 Å².